The average molecular weight is 537 g/mol. The molecule has 0 bridgehead atoms. The SMILES string of the molecule is CN(C(=O)OC(C)(C)C)C1CCN(C(=O)c2ccc(-c3cn4c(-c5ccc(C#N)cc5)cnc4cn3)cc2)CC1. The van der Waals surface area contributed by atoms with Gasteiger partial charge in [-0.15, -0.1) is 0 Å². The van der Waals surface area contributed by atoms with E-state index in [0.29, 0.717) is 37.1 Å². The molecule has 1 aliphatic heterocycles. The number of fused-ring (bicyclic) bond motifs is 1. The molecule has 9 heteroatoms. The van der Waals surface area contributed by atoms with E-state index in [2.05, 4.69) is 16.0 Å². The number of hydrogen-bond donors (Lipinski definition) is 0. The fourth-order valence-electron chi connectivity index (χ4n) is 4.87. The lowest BCUT2D eigenvalue weighted by Crippen LogP contribution is -2.48. The second-order valence-electron chi connectivity index (χ2n) is 11.0. The number of rotatable bonds is 4. The molecular weight excluding hydrogens is 504 g/mol. The summed E-state index contributed by atoms with van der Waals surface area (Å²) in [7, 11) is 1.76. The maximum absolute atomic E-state index is 13.2. The maximum Gasteiger partial charge on any atom is 0.410 e. The van der Waals surface area contributed by atoms with Crippen LogP contribution in [-0.2, 0) is 4.74 Å². The van der Waals surface area contributed by atoms with Gasteiger partial charge >= 0.3 is 6.09 Å². The molecule has 3 heterocycles. The molecule has 0 N–H and O–H groups in total. The first-order valence-electron chi connectivity index (χ1n) is 13.3. The molecule has 2 aromatic carbocycles. The van der Waals surface area contributed by atoms with Gasteiger partial charge in [-0.25, -0.2) is 9.78 Å². The smallest absolute Gasteiger partial charge is 0.410 e. The van der Waals surface area contributed by atoms with Gasteiger partial charge in [0.1, 0.15) is 5.60 Å². The Morgan fingerprint density at radius 2 is 1.62 bits per heavy atom. The molecule has 1 fully saturated rings. The van der Waals surface area contributed by atoms with Gasteiger partial charge in [-0.2, -0.15) is 5.26 Å². The summed E-state index contributed by atoms with van der Waals surface area (Å²) in [6, 6.07) is 17.0. The second-order valence-corrected chi connectivity index (χ2v) is 11.0. The van der Waals surface area contributed by atoms with E-state index >= 15 is 0 Å². The molecule has 2 aromatic heterocycles. The minimum Gasteiger partial charge on any atom is -0.444 e. The van der Waals surface area contributed by atoms with Crippen molar-refractivity contribution >= 4 is 17.6 Å². The molecule has 204 valence electrons. The van der Waals surface area contributed by atoms with Gasteiger partial charge in [0.15, 0.2) is 5.65 Å². The van der Waals surface area contributed by atoms with Gasteiger partial charge in [-0.1, -0.05) is 24.3 Å². The highest BCUT2D eigenvalue weighted by molar-refractivity contribution is 5.94. The van der Waals surface area contributed by atoms with Crippen LogP contribution in [-0.4, -0.2) is 67.9 Å². The number of piperidine rings is 1. The van der Waals surface area contributed by atoms with Crippen molar-refractivity contribution in [2.24, 2.45) is 0 Å². The largest absolute Gasteiger partial charge is 0.444 e. The number of aromatic nitrogens is 3. The van der Waals surface area contributed by atoms with Crippen LogP contribution in [0.3, 0.4) is 0 Å². The lowest BCUT2D eigenvalue weighted by atomic mass is 10.0. The molecule has 40 heavy (non-hydrogen) atoms. The van der Waals surface area contributed by atoms with Crippen LogP contribution in [0, 0.1) is 11.3 Å². The third-order valence-electron chi connectivity index (χ3n) is 7.11. The molecule has 9 nitrogen and oxygen atoms in total. The minimum absolute atomic E-state index is 0.0222. The Labute approximate surface area is 233 Å². The zero-order chi connectivity index (χ0) is 28.4. The van der Waals surface area contributed by atoms with Gasteiger partial charge in [-0.3, -0.25) is 14.2 Å². The summed E-state index contributed by atoms with van der Waals surface area (Å²) < 4.78 is 7.46. The van der Waals surface area contributed by atoms with E-state index in [1.165, 1.54) is 0 Å². The van der Waals surface area contributed by atoms with Gasteiger partial charge in [-0.05, 0) is 57.9 Å². The summed E-state index contributed by atoms with van der Waals surface area (Å²) in [6.45, 7) is 6.72. The number of amides is 2. The van der Waals surface area contributed by atoms with E-state index < -0.39 is 5.60 Å². The molecule has 0 radical (unpaired) electrons. The zero-order valence-corrected chi connectivity index (χ0v) is 23.2. The standard InChI is InChI=1S/C31H32N6O3/c1-31(2,3)40-30(39)35(4)25-13-15-36(16-14-25)29(38)24-11-9-22(10-12-24)26-20-37-27(18-34-28(37)19-33-26)23-7-5-21(17-32)6-8-23/h5-12,18-20,25H,13-16H2,1-4H3. The van der Waals surface area contributed by atoms with Crippen LogP contribution in [0.1, 0.15) is 49.5 Å². The Bertz CT molecular complexity index is 1570. The van der Waals surface area contributed by atoms with Crippen molar-refractivity contribution in [1.82, 2.24) is 24.2 Å². The number of carbonyl (C=O) groups is 2. The van der Waals surface area contributed by atoms with Gasteiger partial charge in [0, 0.05) is 49.1 Å². The monoisotopic (exact) mass is 536 g/mol. The van der Waals surface area contributed by atoms with Crippen LogP contribution in [0.4, 0.5) is 4.79 Å². The van der Waals surface area contributed by atoms with E-state index in [1.54, 1.807) is 36.5 Å². The van der Waals surface area contributed by atoms with Crippen molar-refractivity contribution in [2.75, 3.05) is 20.1 Å². The Morgan fingerprint density at radius 1 is 0.975 bits per heavy atom. The van der Waals surface area contributed by atoms with Gasteiger partial charge < -0.3 is 14.5 Å². The third kappa shape index (κ3) is 5.66. The lowest BCUT2D eigenvalue weighted by molar-refractivity contribution is 0.0156. The summed E-state index contributed by atoms with van der Waals surface area (Å²) in [4.78, 5) is 38.1. The molecule has 1 saturated heterocycles. The number of hydrogen-bond acceptors (Lipinski definition) is 6. The predicted molar refractivity (Wildman–Crippen MR) is 151 cm³/mol. The zero-order valence-electron chi connectivity index (χ0n) is 23.2. The van der Waals surface area contributed by atoms with Crippen LogP contribution in [0.15, 0.2) is 67.1 Å². The number of likely N-dealkylation sites (tertiary alicyclic amines) is 1. The molecule has 1 aliphatic rings. The molecule has 0 aliphatic carbocycles. The second kappa shape index (κ2) is 10.8. The molecule has 0 unspecified atom stereocenters. The van der Waals surface area contributed by atoms with Gasteiger partial charge in [0.25, 0.3) is 5.91 Å². The average Bonchev–Trinajstić information content (AvgIpc) is 3.39. The summed E-state index contributed by atoms with van der Waals surface area (Å²) in [5, 5.41) is 9.08. The fourth-order valence-corrected chi connectivity index (χ4v) is 4.87. The van der Waals surface area contributed by atoms with Crippen molar-refractivity contribution in [3.63, 3.8) is 0 Å². The highest BCUT2D eigenvalue weighted by Gasteiger charge is 2.30. The minimum atomic E-state index is -0.540. The molecule has 4 aromatic rings. The van der Waals surface area contributed by atoms with E-state index in [-0.39, 0.29) is 18.0 Å². The van der Waals surface area contributed by atoms with E-state index in [0.717, 1.165) is 28.2 Å². The summed E-state index contributed by atoms with van der Waals surface area (Å²) >= 11 is 0. The van der Waals surface area contributed by atoms with Crippen LogP contribution in [0.5, 0.6) is 0 Å². The Balaban J connectivity index is 1.26. The third-order valence-corrected chi connectivity index (χ3v) is 7.11. The van der Waals surface area contributed by atoms with Crippen molar-refractivity contribution in [1.29, 1.82) is 5.26 Å². The first-order valence-corrected chi connectivity index (χ1v) is 13.3. The van der Waals surface area contributed by atoms with E-state index in [9.17, 15) is 9.59 Å². The van der Waals surface area contributed by atoms with Crippen molar-refractivity contribution in [3.05, 3.63) is 78.2 Å². The molecule has 2 amide bonds. The van der Waals surface area contributed by atoms with Gasteiger partial charge in [0.05, 0.1) is 35.4 Å². The van der Waals surface area contributed by atoms with Crippen molar-refractivity contribution < 1.29 is 14.3 Å². The number of ether oxygens (including phenoxy) is 1. The quantitative estimate of drug-likeness (QED) is 0.346. The highest BCUT2D eigenvalue weighted by Crippen LogP contribution is 2.25. The fraction of sp³-hybridized carbons (Fsp3) is 0.323. The molecule has 0 spiro atoms. The molecule has 5 rings (SSSR count). The van der Waals surface area contributed by atoms with Crippen LogP contribution < -0.4 is 0 Å². The molecular formula is C31H32N6O3. The summed E-state index contributed by atoms with van der Waals surface area (Å²) in [6.07, 6.45) is 6.52. The van der Waals surface area contributed by atoms with Crippen molar-refractivity contribution in [3.8, 4) is 28.6 Å². The predicted octanol–water partition coefficient (Wildman–Crippen LogP) is 5.41. The van der Waals surface area contributed by atoms with Crippen LogP contribution in [0.2, 0.25) is 0 Å². The topological polar surface area (TPSA) is 104 Å². The highest BCUT2D eigenvalue weighted by atomic mass is 16.6. The lowest BCUT2D eigenvalue weighted by Gasteiger charge is -2.37. The summed E-state index contributed by atoms with van der Waals surface area (Å²) in [5.41, 5.74) is 4.89. The first kappa shape index (κ1) is 26.9. The van der Waals surface area contributed by atoms with E-state index in [1.807, 2.05) is 72.7 Å². The molecule has 0 atom stereocenters. The first-order chi connectivity index (χ1) is 19.1. The van der Waals surface area contributed by atoms with Gasteiger partial charge in [0.2, 0.25) is 0 Å². The number of nitrogens with zero attached hydrogens (tertiary/aromatic N) is 6. The summed E-state index contributed by atoms with van der Waals surface area (Å²) in [5.74, 6) is -0.0222. The number of imidazole rings is 1. The Morgan fingerprint density at radius 3 is 2.25 bits per heavy atom. The maximum atomic E-state index is 13.2. The van der Waals surface area contributed by atoms with E-state index in [4.69, 9.17) is 10.00 Å². The number of nitriles is 1. The van der Waals surface area contributed by atoms with Crippen molar-refractivity contribution in [2.45, 2.75) is 45.3 Å². The normalized spacial score (nSPS) is 14.1. The Kier molecular flexibility index (Phi) is 7.26. The van der Waals surface area contributed by atoms with Crippen LogP contribution in [0.25, 0.3) is 28.2 Å². The number of carbonyl (C=O) groups excluding carboxylic acids is 2. The number of benzene rings is 2. The molecule has 0 saturated carbocycles. The van der Waals surface area contributed by atoms with Crippen LogP contribution >= 0.6 is 0 Å². The Hall–Kier alpha value is -4.71.